The average Bonchev–Trinajstić information content (AvgIpc) is 3.13. The van der Waals surface area contributed by atoms with Crippen molar-refractivity contribution in [3.63, 3.8) is 0 Å². The minimum Gasteiger partial charge on any atom is -0.307 e. The zero-order valence-corrected chi connectivity index (χ0v) is 12.9. The molecule has 1 N–H and O–H groups in total. The lowest BCUT2D eigenvalue weighted by molar-refractivity contribution is 0.404. The topological polar surface area (TPSA) is 12.0 Å². The van der Waals surface area contributed by atoms with Gasteiger partial charge in [0.15, 0.2) is 0 Å². The van der Waals surface area contributed by atoms with E-state index in [1.54, 1.807) is 0 Å². The van der Waals surface area contributed by atoms with Crippen molar-refractivity contribution >= 4 is 22.6 Å². The van der Waals surface area contributed by atoms with E-state index in [4.69, 9.17) is 0 Å². The zero-order valence-electron chi connectivity index (χ0n) is 10.7. The zero-order chi connectivity index (χ0) is 12.3. The molecule has 1 saturated carbocycles. The molecule has 2 unspecified atom stereocenters. The molecule has 1 aliphatic carbocycles. The molecule has 2 heteroatoms. The van der Waals surface area contributed by atoms with E-state index >= 15 is 0 Å². The molecule has 1 aliphatic rings. The molecule has 0 saturated heterocycles. The molecule has 2 atom stereocenters. The van der Waals surface area contributed by atoms with Gasteiger partial charge in [0.2, 0.25) is 0 Å². The number of benzene rings is 1. The van der Waals surface area contributed by atoms with Gasteiger partial charge in [-0.15, -0.1) is 0 Å². The smallest absolute Gasteiger partial charge is 0.0294 e. The van der Waals surface area contributed by atoms with Crippen LogP contribution in [0.25, 0.3) is 0 Å². The predicted octanol–water partition coefficient (Wildman–Crippen LogP) is 4.52. The molecule has 2 rings (SSSR count). The van der Waals surface area contributed by atoms with E-state index in [-0.39, 0.29) is 0 Å². The molecule has 0 bridgehead atoms. The Hall–Kier alpha value is -0.0900. The molecule has 0 heterocycles. The van der Waals surface area contributed by atoms with Crippen LogP contribution in [-0.4, -0.2) is 6.04 Å². The lowest BCUT2D eigenvalue weighted by atomic mass is 10.0. The van der Waals surface area contributed by atoms with Crippen LogP contribution in [0.1, 0.15) is 51.1 Å². The van der Waals surface area contributed by atoms with Gasteiger partial charge in [-0.05, 0) is 66.0 Å². The lowest BCUT2D eigenvalue weighted by Crippen LogP contribution is -2.31. The fraction of sp³-hybridized carbons (Fsp3) is 0.600. The van der Waals surface area contributed by atoms with Gasteiger partial charge in [-0.3, -0.25) is 0 Å². The van der Waals surface area contributed by atoms with Gasteiger partial charge in [-0.2, -0.15) is 0 Å². The van der Waals surface area contributed by atoms with Gasteiger partial charge >= 0.3 is 0 Å². The van der Waals surface area contributed by atoms with Crippen LogP contribution < -0.4 is 5.32 Å². The van der Waals surface area contributed by atoms with Crippen LogP contribution in [0.15, 0.2) is 24.3 Å². The maximum absolute atomic E-state index is 3.77. The van der Waals surface area contributed by atoms with Crippen LogP contribution in [-0.2, 0) is 0 Å². The number of rotatable bonds is 6. The second kappa shape index (κ2) is 6.19. The van der Waals surface area contributed by atoms with Gasteiger partial charge in [-0.25, -0.2) is 0 Å². The highest BCUT2D eigenvalue weighted by Crippen LogP contribution is 2.34. The molecule has 0 amide bonds. The van der Waals surface area contributed by atoms with E-state index in [2.05, 4.69) is 66.0 Å². The minimum absolute atomic E-state index is 0.468. The van der Waals surface area contributed by atoms with Crippen molar-refractivity contribution in [3.8, 4) is 0 Å². The first-order valence-electron chi connectivity index (χ1n) is 6.70. The normalized spacial score (nSPS) is 19.0. The first kappa shape index (κ1) is 13.3. The largest absolute Gasteiger partial charge is 0.307 e. The van der Waals surface area contributed by atoms with Gasteiger partial charge in [0.05, 0.1) is 0 Å². The number of hydrogen-bond donors (Lipinski definition) is 1. The molecule has 0 spiro atoms. The average molecular weight is 343 g/mol. The second-order valence-electron chi connectivity index (χ2n) is 5.22. The summed E-state index contributed by atoms with van der Waals surface area (Å²) in [6.45, 7) is 4.57. The molecule has 0 radical (unpaired) electrons. The van der Waals surface area contributed by atoms with Crippen molar-refractivity contribution in [2.24, 2.45) is 5.92 Å². The standard InChI is InChI=1S/C15H22IN/c1-3-15(10-12-4-5-12)17-11(2)13-6-8-14(16)9-7-13/h6-9,11-12,15,17H,3-5,10H2,1-2H3. The molecule has 1 aromatic carbocycles. The molecule has 17 heavy (non-hydrogen) atoms. The van der Waals surface area contributed by atoms with Gasteiger partial charge < -0.3 is 5.32 Å². The summed E-state index contributed by atoms with van der Waals surface area (Å²) in [6, 6.07) is 10.0. The van der Waals surface area contributed by atoms with E-state index in [0.29, 0.717) is 12.1 Å². The van der Waals surface area contributed by atoms with Gasteiger partial charge in [0.1, 0.15) is 0 Å². The summed E-state index contributed by atoms with van der Waals surface area (Å²) in [5.74, 6) is 1.01. The number of nitrogens with one attached hydrogen (secondary N) is 1. The Bertz CT molecular complexity index is 342. The van der Waals surface area contributed by atoms with Crippen LogP contribution in [0.4, 0.5) is 0 Å². The highest BCUT2D eigenvalue weighted by molar-refractivity contribution is 14.1. The van der Waals surface area contributed by atoms with Crippen molar-refractivity contribution < 1.29 is 0 Å². The first-order valence-corrected chi connectivity index (χ1v) is 7.78. The van der Waals surface area contributed by atoms with E-state index < -0.39 is 0 Å². The Labute approximate surface area is 119 Å². The summed E-state index contributed by atoms with van der Waals surface area (Å²) < 4.78 is 1.31. The molecule has 94 valence electrons. The minimum atomic E-state index is 0.468. The molecule has 0 aliphatic heterocycles. The Morgan fingerprint density at radius 3 is 2.47 bits per heavy atom. The van der Waals surface area contributed by atoms with Crippen molar-refractivity contribution in [1.82, 2.24) is 5.32 Å². The molecule has 0 aromatic heterocycles. The first-order chi connectivity index (χ1) is 8.19. The number of hydrogen-bond acceptors (Lipinski definition) is 1. The fourth-order valence-electron chi connectivity index (χ4n) is 2.31. The Morgan fingerprint density at radius 2 is 1.94 bits per heavy atom. The van der Waals surface area contributed by atoms with E-state index in [0.717, 1.165) is 5.92 Å². The van der Waals surface area contributed by atoms with Crippen molar-refractivity contribution in [1.29, 1.82) is 0 Å². The van der Waals surface area contributed by atoms with Crippen molar-refractivity contribution in [2.45, 2.75) is 51.6 Å². The monoisotopic (exact) mass is 343 g/mol. The summed E-state index contributed by atoms with van der Waals surface area (Å²) in [5, 5.41) is 3.77. The third kappa shape index (κ3) is 4.25. The van der Waals surface area contributed by atoms with Gasteiger partial charge in [-0.1, -0.05) is 31.9 Å². The maximum Gasteiger partial charge on any atom is 0.0294 e. The van der Waals surface area contributed by atoms with Crippen molar-refractivity contribution in [3.05, 3.63) is 33.4 Å². The molecular weight excluding hydrogens is 321 g/mol. The van der Waals surface area contributed by atoms with E-state index in [1.165, 1.54) is 34.8 Å². The predicted molar refractivity (Wildman–Crippen MR) is 82.1 cm³/mol. The summed E-state index contributed by atoms with van der Waals surface area (Å²) in [7, 11) is 0. The molecule has 1 nitrogen and oxygen atoms in total. The SMILES string of the molecule is CCC(CC1CC1)NC(C)c1ccc(I)cc1. The van der Waals surface area contributed by atoms with Crippen LogP contribution in [0.5, 0.6) is 0 Å². The Morgan fingerprint density at radius 1 is 1.29 bits per heavy atom. The summed E-state index contributed by atoms with van der Waals surface area (Å²) >= 11 is 2.36. The highest BCUT2D eigenvalue weighted by Gasteiger charge is 2.25. The Balaban J connectivity index is 1.89. The summed E-state index contributed by atoms with van der Waals surface area (Å²) in [4.78, 5) is 0. The summed E-state index contributed by atoms with van der Waals surface area (Å²) in [5.41, 5.74) is 1.40. The number of halogens is 1. The van der Waals surface area contributed by atoms with Crippen LogP contribution in [0, 0.1) is 9.49 Å². The van der Waals surface area contributed by atoms with Gasteiger partial charge in [0.25, 0.3) is 0 Å². The van der Waals surface area contributed by atoms with E-state index in [1.807, 2.05) is 0 Å². The van der Waals surface area contributed by atoms with Gasteiger partial charge in [0, 0.05) is 15.7 Å². The van der Waals surface area contributed by atoms with Crippen LogP contribution >= 0.6 is 22.6 Å². The molecular formula is C15H22IN. The maximum atomic E-state index is 3.77. The second-order valence-corrected chi connectivity index (χ2v) is 6.47. The highest BCUT2D eigenvalue weighted by atomic mass is 127. The molecule has 1 aromatic rings. The third-order valence-corrected chi connectivity index (χ3v) is 4.38. The van der Waals surface area contributed by atoms with Crippen LogP contribution in [0.2, 0.25) is 0 Å². The Kier molecular flexibility index (Phi) is 4.86. The van der Waals surface area contributed by atoms with E-state index in [9.17, 15) is 0 Å². The third-order valence-electron chi connectivity index (χ3n) is 3.66. The van der Waals surface area contributed by atoms with Crippen LogP contribution in [0.3, 0.4) is 0 Å². The fourth-order valence-corrected chi connectivity index (χ4v) is 2.67. The summed E-state index contributed by atoms with van der Waals surface area (Å²) in [6.07, 6.45) is 5.52. The lowest BCUT2D eigenvalue weighted by Gasteiger charge is -2.22. The molecule has 1 fully saturated rings. The quantitative estimate of drug-likeness (QED) is 0.749. The van der Waals surface area contributed by atoms with Crippen molar-refractivity contribution in [2.75, 3.05) is 0 Å².